The maximum Gasteiger partial charge on any atom is 0.214 e. The summed E-state index contributed by atoms with van der Waals surface area (Å²) >= 11 is 0. The summed E-state index contributed by atoms with van der Waals surface area (Å²) in [5, 5.41) is 0. The summed E-state index contributed by atoms with van der Waals surface area (Å²) < 4.78 is 30.2. The number of sulfonamides is 1. The molecule has 1 heterocycles. The average Bonchev–Trinajstić information content (AvgIpc) is 2.29. The highest BCUT2D eigenvalue weighted by molar-refractivity contribution is 7.89. The molecule has 0 aromatic carbocycles. The molecule has 0 N–H and O–H groups in total. The fourth-order valence-corrected chi connectivity index (χ4v) is 3.56. The normalized spacial score (nSPS) is 19.4. The lowest BCUT2D eigenvalue weighted by Gasteiger charge is -2.29. The van der Waals surface area contributed by atoms with Crippen molar-refractivity contribution in [3.05, 3.63) is 0 Å². The van der Waals surface area contributed by atoms with Gasteiger partial charge in [-0.1, -0.05) is 0 Å². The number of methoxy groups -OCH3 is 1. The third-order valence-corrected chi connectivity index (χ3v) is 5.13. The van der Waals surface area contributed by atoms with Crippen LogP contribution in [0.5, 0.6) is 0 Å². The lowest BCUT2D eigenvalue weighted by molar-refractivity contribution is -0.121. The van der Waals surface area contributed by atoms with Gasteiger partial charge in [0.05, 0.1) is 5.75 Å². The first-order chi connectivity index (χ1) is 7.97. The number of hydrogen-bond donors (Lipinski definition) is 0. The topological polar surface area (TPSA) is 63.7 Å². The van der Waals surface area contributed by atoms with E-state index in [-0.39, 0.29) is 17.5 Å². The molecule has 0 spiro atoms. The second kappa shape index (κ2) is 6.47. The summed E-state index contributed by atoms with van der Waals surface area (Å²) in [5.41, 5.74) is 0. The quantitative estimate of drug-likeness (QED) is 0.660. The minimum Gasteiger partial charge on any atom is -0.385 e. The van der Waals surface area contributed by atoms with Crippen molar-refractivity contribution >= 4 is 15.8 Å². The highest BCUT2D eigenvalue weighted by Crippen LogP contribution is 2.20. The molecule has 5 nitrogen and oxygen atoms in total. The molecule has 0 bridgehead atoms. The molecule has 0 atom stereocenters. The first kappa shape index (κ1) is 14.6. The van der Waals surface area contributed by atoms with E-state index in [0.29, 0.717) is 39.0 Å². The van der Waals surface area contributed by atoms with Gasteiger partial charge in [-0.15, -0.1) is 0 Å². The third kappa shape index (κ3) is 4.37. The van der Waals surface area contributed by atoms with Crippen LogP contribution in [0.25, 0.3) is 0 Å². The van der Waals surface area contributed by atoms with E-state index in [9.17, 15) is 13.2 Å². The Bertz CT molecular complexity index is 344. The summed E-state index contributed by atoms with van der Waals surface area (Å²) in [7, 11) is -1.60. The first-order valence-electron chi connectivity index (χ1n) is 5.94. The van der Waals surface area contributed by atoms with Gasteiger partial charge in [-0.05, 0) is 26.2 Å². The largest absolute Gasteiger partial charge is 0.385 e. The van der Waals surface area contributed by atoms with Gasteiger partial charge in [0.25, 0.3) is 0 Å². The van der Waals surface area contributed by atoms with Gasteiger partial charge < -0.3 is 4.74 Å². The summed E-state index contributed by atoms with van der Waals surface area (Å²) in [6, 6.07) is 0. The Morgan fingerprint density at radius 3 is 2.41 bits per heavy atom. The molecule has 1 aliphatic heterocycles. The number of carbonyl (C=O) groups is 1. The van der Waals surface area contributed by atoms with Crippen molar-refractivity contribution in [2.45, 2.75) is 26.2 Å². The van der Waals surface area contributed by atoms with Crippen molar-refractivity contribution in [3.63, 3.8) is 0 Å². The molecular formula is C11H21NO4S. The van der Waals surface area contributed by atoms with Crippen molar-refractivity contribution in [1.29, 1.82) is 0 Å². The highest BCUT2D eigenvalue weighted by Gasteiger charge is 2.29. The Kier molecular flexibility index (Phi) is 5.55. The van der Waals surface area contributed by atoms with Crippen LogP contribution in [-0.4, -0.2) is 51.1 Å². The molecule has 100 valence electrons. The highest BCUT2D eigenvalue weighted by atomic mass is 32.2. The SMILES string of the molecule is COCCCS(=O)(=O)N1CCC(C(C)=O)CC1. The molecule has 0 aromatic heterocycles. The van der Waals surface area contributed by atoms with Crippen LogP contribution in [0.3, 0.4) is 0 Å². The zero-order chi connectivity index (χ0) is 12.9. The molecule has 17 heavy (non-hydrogen) atoms. The van der Waals surface area contributed by atoms with Crippen LogP contribution >= 0.6 is 0 Å². The molecule has 6 heteroatoms. The number of piperidine rings is 1. The Balaban J connectivity index is 2.44. The molecule has 1 rings (SSSR count). The molecule has 0 saturated carbocycles. The van der Waals surface area contributed by atoms with Crippen molar-refractivity contribution in [3.8, 4) is 0 Å². The lowest BCUT2D eigenvalue weighted by atomic mass is 9.95. The second-order valence-corrected chi connectivity index (χ2v) is 6.53. The van der Waals surface area contributed by atoms with E-state index in [1.54, 1.807) is 14.0 Å². The zero-order valence-corrected chi connectivity index (χ0v) is 11.3. The van der Waals surface area contributed by atoms with Crippen molar-refractivity contribution in [1.82, 2.24) is 4.31 Å². The van der Waals surface area contributed by atoms with Gasteiger partial charge in [-0.25, -0.2) is 12.7 Å². The Morgan fingerprint density at radius 2 is 1.94 bits per heavy atom. The van der Waals surface area contributed by atoms with Gasteiger partial charge in [0, 0.05) is 32.7 Å². The zero-order valence-electron chi connectivity index (χ0n) is 10.5. The van der Waals surface area contributed by atoms with Gasteiger partial charge in [-0.3, -0.25) is 4.79 Å². The molecule has 1 aliphatic rings. The fraction of sp³-hybridized carbons (Fsp3) is 0.909. The minimum atomic E-state index is -3.16. The van der Waals surface area contributed by atoms with Crippen molar-refractivity contribution < 1.29 is 17.9 Å². The number of ether oxygens (including phenoxy) is 1. The second-order valence-electron chi connectivity index (χ2n) is 4.45. The number of hydrogen-bond acceptors (Lipinski definition) is 4. The van der Waals surface area contributed by atoms with E-state index >= 15 is 0 Å². The predicted octanol–water partition coefficient (Wildman–Crippen LogP) is 0.654. The molecule has 0 unspecified atom stereocenters. The maximum absolute atomic E-state index is 11.9. The van der Waals surface area contributed by atoms with Crippen LogP contribution in [0.2, 0.25) is 0 Å². The van der Waals surface area contributed by atoms with Crippen molar-refractivity contribution in [2.24, 2.45) is 5.92 Å². The van der Waals surface area contributed by atoms with Gasteiger partial charge in [0.15, 0.2) is 0 Å². The van der Waals surface area contributed by atoms with E-state index in [0.717, 1.165) is 0 Å². The van der Waals surface area contributed by atoms with E-state index in [1.807, 2.05) is 0 Å². The smallest absolute Gasteiger partial charge is 0.214 e. The number of rotatable bonds is 6. The Morgan fingerprint density at radius 1 is 1.35 bits per heavy atom. The van der Waals surface area contributed by atoms with Crippen LogP contribution < -0.4 is 0 Å². The van der Waals surface area contributed by atoms with Crippen LogP contribution in [0.15, 0.2) is 0 Å². The van der Waals surface area contributed by atoms with E-state index < -0.39 is 10.0 Å². The predicted molar refractivity (Wildman–Crippen MR) is 65.3 cm³/mol. The van der Waals surface area contributed by atoms with Gasteiger partial charge >= 0.3 is 0 Å². The van der Waals surface area contributed by atoms with Crippen LogP contribution in [0.1, 0.15) is 26.2 Å². The third-order valence-electron chi connectivity index (χ3n) is 3.17. The lowest BCUT2D eigenvalue weighted by Crippen LogP contribution is -2.41. The monoisotopic (exact) mass is 263 g/mol. The average molecular weight is 263 g/mol. The molecule has 0 aromatic rings. The number of nitrogens with zero attached hydrogens (tertiary/aromatic N) is 1. The minimum absolute atomic E-state index is 0.0421. The number of carbonyl (C=O) groups excluding carboxylic acids is 1. The molecule has 0 aliphatic carbocycles. The molecule has 1 saturated heterocycles. The molecule has 1 fully saturated rings. The summed E-state index contributed by atoms with van der Waals surface area (Å²) in [6.45, 7) is 2.98. The fourth-order valence-electron chi connectivity index (χ4n) is 2.06. The van der Waals surface area contributed by atoms with E-state index in [2.05, 4.69) is 0 Å². The molecule has 0 amide bonds. The Hall–Kier alpha value is -0.460. The first-order valence-corrected chi connectivity index (χ1v) is 7.55. The number of ketones is 1. The standard InChI is InChI=1S/C11H21NO4S/c1-10(13)11-4-6-12(7-5-11)17(14,15)9-3-8-16-2/h11H,3-9H2,1-2H3. The van der Waals surface area contributed by atoms with Gasteiger partial charge in [0.1, 0.15) is 5.78 Å². The van der Waals surface area contributed by atoms with E-state index in [4.69, 9.17) is 4.74 Å². The van der Waals surface area contributed by atoms with Crippen molar-refractivity contribution in [2.75, 3.05) is 32.6 Å². The van der Waals surface area contributed by atoms with E-state index in [1.165, 1.54) is 4.31 Å². The Labute approximate surface area is 103 Å². The summed E-state index contributed by atoms with van der Waals surface area (Å²) in [4.78, 5) is 11.2. The summed E-state index contributed by atoms with van der Waals surface area (Å²) in [5.74, 6) is 0.341. The molecular weight excluding hydrogens is 242 g/mol. The maximum atomic E-state index is 11.9. The van der Waals surface area contributed by atoms with Crippen LogP contribution in [0.4, 0.5) is 0 Å². The van der Waals surface area contributed by atoms with Crippen LogP contribution in [-0.2, 0) is 19.6 Å². The van der Waals surface area contributed by atoms with Gasteiger partial charge in [0.2, 0.25) is 10.0 Å². The summed E-state index contributed by atoms with van der Waals surface area (Å²) in [6.07, 6.45) is 1.82. The molecule has 0 radical (unpaired) electrons. The van der Waals surface area contributed by atoms with Gasteiger partial charge in [-0.2, -0.15) is 0 Å². The number of Topliss-reactive ketones (excluding diaryl/α,β-unsaturated/α-hetero) is 1. The van der Waals surface area contributed by atoms with Crippen LogP contribution in [0, 0.1) is 5.92 Å².